The number of ether oxygens (including phenoxy) is 2. The van der Waals surface area contributed by atoms with Crippen molar-refractivity contribution >= 4 is 23.6 Å². The number of nitrogens with zero attached hydrogens (tertiary/aromatic N) is 3. The van der Waals surface area contributed by atoms with Crippen molar-refractivity contribution in [3.05, 3.63) is 35.9 Å². The van der Waals surface area contributed by atoms with Crippen LogP contribution in [0.15, 0.2) is 30.3 Å². The number of likely N-dealkylation sites (N-methyl/N-ethyl adjacent to an activating group) is 2. The van der Waals surface area contributed by atoms with Gasteiger partial charge in [0.1, 0.15) is 6.04 Å². The van der Waals surface area contributed by atoms with Crippen molar-refractivity contribution in [2.24, 2.45) is 23.5 Å². The molecule has 50 heavy (non-hydrogen) atoms. The maximum atomic E-state index is 14.1. The number of nitrogens with two attached hydrogens (primary N) is 1. The van der Waals surface area contributed by atoms with Gasteiger partial charge in [-0.1, -0.05) is 71.4 Å². The van der Waals surface area contributed by atoms with Gasteiger partial charge in [0.05, 0.1) is 42.7 Å². The molecule has 0 radical (unpaired) electrons. The molecule has 0 spiro atoms. The Bertz CT molecular complexity index is 1210. The minimum atomic E-state index is -0.959. The van der Waals surface area contributed by atoms with Crippen LogP contribution in [0.4, 0.5) is 0 Å². The first kappa shape index (κ1) is 43.1. The predicted octanol–water partition coefficient (Wildman–Crippen LogP) is 2.68. The second-order valence-corrected chi connectivity index (χ2v) is 14.6. The van der Waals surface area contributed by atoms with Crippen LogP contribution in [0.2, 0.25) is 0 Å². The van der Waals surface area contributed by atoms with Crippen LogP contribution in [0.1, 0.15) is 72.8 Å². The topological polar surface area (TPSA) is 147 Å². The minimum absolute atomic E-state index is 0.0208. The van der Waals surface area contributed by atoms with E-state index in [0.717, 1.165) is 31.2 Å². The number of hydrogen-bond acceptors (Lipinski definition) is 8. The van der Waals surface area contributed by atoms with Crippen LogP contribution >= 0.6 is 0 Å². The Morgan fingerprint density at radius 2 is 1.62 bits per heavy atom. The van der Waals surface area contributed by atoms with Crippen molar-refractivity contribution in [3.8, 4) is 0 Å². The fraction of sp³-hybridized carbons (Fsp3) is 0.737. The number of nitrogens with one attached hydrogen (secondary N) is 2. The summed E-state index contributed by atoms with van der Waals surface area (Å²) in [4.78, 5) is 60.0. The molecule has 1 heterocycles. The number of hydrogen-bond donors (Lipinski definition) is 3. The molecule has 1 aliphatic rings. The average Bonchev–Trinajstić information content (AvgIpc) is 3.56. The van der Waals surface area contributed by atoms with Gasteiger partial charge < -0.3 is 35.6 Å². The van der Waals surface area contributed by atoms with Gasteiger partial charge in [-0.3, -0.25) is 24.1 Å². The largest absolute Gasteiger partial charge is 0.379 e. The van der Waals surface area contributed by atoms with Gasteiger partial charge in [-0.05, 0) is 57.7 Å². The maximum Gasteiger partial charge on any atom is 0.246 e. The summed E-state index contributed by atoms with van der Waals surface area (Å²) in [7, 11) is 8.51. The third kappa shape index (κ3) is 11.5. The Morgan fingerprint density at radius 1 is 0.980 bits per heavy atom. The molecule has 0 aliphatic carbocycles. The molecule has 0 aromatic heterocycles. The van der Waals surface area contributed by atoms with Gasteiger partial charge in [-0.25, -0.2) is 0 Å². The molecule has 4 amide bonds. The summed E-state index contributed by atoms with van der Waals surface area (Å²) in [5.74, 6) is -1.31. The van der Waals surface area contributed by atoms with E-state index in [4.69, 9.17) is 15.2 Å². The van der Waals surface area contributed by atoms with Crippen molar-refractivity contribution in [2.45, 2.75) is 116 Å². The third-order valence-corrected chi connectivity index (χ3v) is 10.4. The first-order valence-electron chi connectivity index (χ1n) is 18.3. The van der Waals surface area contributed by atoms with Gasteiger partial charge in [0.25, 0.3) is 0 Å². The molecule has 1 aliphatic heterocycles. The highest BCUT2D eigenvalue weighted by molar-refractivity contribution is 5.90. The van der Waals surface area contributed by atoms with E-state index in [-0.39, 0.29) is 47.9 Å². The zero-order valence-corrected chi connectivity index (χ0v) is 32.5. The number of carbonyl (C=O) groups excluding carboxylic acids is 4. The standard InChI is InChI=1S/C38H66N6O6/c1-12-25(4)34(43(9)38(48)32(27(6)39)41-37(47)33(24(2)3)42(7)8)30(49-10)23-31(45)44-22-16-19-29(44)35(50-11)26(5)36(46)40-21-20-28-17-14-13-15-18-28/h13-15,17-18,24-27,29-30,32-35H,12,16,19-23,39H2,1-11H3,(H,40,46)(H,41,47)/t25-,26+,27-,29-,30+,32-,33-,34-,35+/m0/s1. The minimum Gasteiger partial charge on any atom is -0.379 e. The van der Waals surface area contributed by atoms with Crippen molar-refractivity contribution in [1.29, 1.82) is 0 Å². The smallest absolute Gasteiger partial charge is 0.246 e. The second kappa shape index (κ2) is 20.7. The normalized spacial score (nSPS) is 19.6. The Kier molecular flexibility index (Phi) is 17.9. The van der Waals surface area contributed by atoms with Crippen molar-refractivity contribution < 1.29 is 28.7 Å². The highest BCUT2D eigenvalue weighted by Crippen LogP contribution is 2.29. The summed E-state index contributed by atoms with van der Waals surface area (Å²) in [6, 6.07) is 7.20. The fourth-order valence-electron chi connectivity index (χ4n) is 7.45. The Labute approximate surface area is 301 Å². The summed E-state index contributed by atoms with van der Waals surface area (Å²) >= 11 is 0. The molecule has 0 bridgehead atoms. The van der Waals surface area contributed by atoms with E-state index in [1.165, 1.54) is 0 Å². The molecule has 0 saturated carbocycles. The number of methoxy groups -OCH3 is 2. The first-order chi connectivity index (χ1) is 23.6. The molecule has 1 fully saturated rings. The number of rotatable bonds is 20. The Balaban J connectivity index is 2.21. The van der Waals surface area contributed by atoms with Crippen LogP contribution < -0.4 is 16.4 Å². The molecule has 1 aromatic rings. The highest BCUT2D eigenvalue weighted by Gasteiger charge is 2.43. The molecular formula is C38H66N6O6. The fourth-order valence-corrected chi connectivity index (χ4v) is 7.45. The zero-order chi connectivity index (χ0) is 37.7. The quantitative estimate of drug-likeness (QED) is 0.188. The highest BCUT2D eigenvalue weighted by atomic mass is 16.5. The summed E-state index contributed by atoms with van der Waals surface area (Å²) in [6.45, 7) is 12.6. The van der Waals surface area contributed by atoms with E-state index in [0.29, 0.717) is 13.1 Å². The number of amides is 4. The molecule has 284 valence electrons. The summed E-state index contributed by atoms with van der Waals surface area (Å²) in [6.07, 6.45) is 1.90. The number of benzene rings is 1. The summed E-state index contributed by atoms with van der Waals surface area (Å²) in [5.41, 5.74) is 7.45. The first-order valence-corrected chi connectivity index (χ1v) is 18.3. The molecule has 0 unspecified atom stereocenters. The van der Waals surface area contributed by atoms with Crippen LogP contribution in [0.3, 0.4) is 0 Å². The molecule has 1 aromatic carbocycles. The lowest BCUT2D eigenvalue weighted by molar-refractivity contribution is -0.147. The van der Waals surface area contributed by atoms with Crippen LogP contribution in [-0.4, -0.2) is 129 Å². The SMILES string of the molecule is CC[C@H](C)[C@@H]([C@@H](CC(=O)N1CCC[C@H]1[C@H](OC)[C@@H](C)C(=O)NCCc1ccccc1)OC)N(C)C(=O)[C@@H](NC(=O)[C@H](C(C)C)N(C)C)[C@H](C)N. The van der Waals surface area contributed by atoms with Gasteiger partial charge in [-0.15, -0.1) is 0 Å². The van der Waals surface area contributed by atoms with Crippen LogP contribution in [-0.2, 0) is 35.1 Å². The summed E-state index contributed by atoms with van der Waals surface area (Å²) in [5, 5.41) is 5.96. The average molecular weight is 703 g/mol. The van der Waals surface area contributed by atoms with Crippen molar-refractivity contribution in [1.82, 2.24) is 25.3 Å². The van der Waals surface area contributed by atoms with Crippen LogP contribution in [0.5, 0.6) is 0 Å². The van der Waals surface area contributed by atoms with Crippen LogP contribution in [0, 0.1) is 17.8 Å². The molecular weight excluding hydrogens is 636 g/mol. The number of carbonyl (C=O) groups is 4. The lowest BCUT2D eigenvalue weighted by Crippen LogP contribution is -2.62. The van der Waals surface area contributed by atoms with E-state index in [1.54, 1.807) is 33.1 Å². The van der Waals surface area contributed by atoms with Crippen molar-refractivity contribution in [3.63, 3.8) is 0 Å². The van der Waals surface area contributed by atoms with E-state index >= 15 is 0 Å². The zero-order valence-electron chi connectivity index (χ0n) is 32.5. The molecule has 4 N–H and O–H groups in total. The predicted molar refractivity (Wildman–Crippen MR) is 197 cm³/mol. The summed E-state index contributed by atoms with van der Waals surface area (Å²) < 4.78 is 11.9. The molecule has 2 rings (SSSR count). The monoisotopic (exact) mass is 703 g/mol. The van der Waals surface area contributed by atoms with E-state index in [9.17, 15) is 19.2 Å². The van der Waals surface area contributed by atoms with Crippen molar-refractivity contribution in [2.75, 3.05) is 48.5 Å². The van der Waals surface area contributed by atoms with Gasteiger partial charge in [-0.2, -0.15) is 0 Å². The van der Waals surface area contributed by atoms with E-state index in [2.05, 4.69) is 10.6 Å². The Hall–Kier alpha value is -3.06. The van der Waals surface area contributed by atoms with Crippen LogP contribution in [0.25, 0.3) is 0 Å². The molecule has 12 heteroatoms. The lowest BCUT2D eigenvalue weighted by atomic mass is 9.89. The molecule has 9 atom stereocenters. The Morgan fingerprint density at radius 3 is 2.14 bits per heavy atom. The van der Waals surface area contributed by atoms with E-state index < -0.39 is 42.3 Å². The van der Waals surface area contributed by atoms with Gasteiger partial charge in [0.2, 0.25) is 23.6 Å². The lowest BCUT2D eigenvalue weighted by Gasteiger charge is -2.41. The number of likely N-dealkylation sites (tertiary alicyclic amines) is 1. The van der Waals surface area contributed by atoms with Gasteiger partial charge in [0, 0.05) is 40.4 Å². The molecule has 12 nitrogen and oxygen atoms in total. The van der Waals surface area contributed by atoms with Gasteiger partial charge in [0.15, 0.2) is 0 Å². The second-order valence-electron chi connectivity index (χ2n) is 14.6. The third-order valence-electron chi connectivity index (χ3n) is 10.4. The maximum absolute atomic E-state index is 14.1. The van der Waals surface area contributed by atoms with Gasteiger partial charge >= 0.3 is 0 Å². The molecule has 1 saturated heterocycles. The van der Waals surface area contributed by atoms with E-state index in [1.807, 2.05) is 88.8 Å².